The van der Waals surface area contributed by atoms with Crippen LogP contribution in [0.4, 0.5) is 0 Å². The third-order valence-electron chi connectivity index (χ3n) is 4.48. The van der Waals surface area contributed by atoms with Gasteiger partial charge in [0.05, 0.1) is 23.3 Å². The second-order valence-corrected chi connectivity index (χ2v) is 5.86. The van der Waals surface area contributed by atoms with Crippen molar-refractivity contribution in [3.63, 3.8) is 0 Å². The fraction of sp³-hybridized carbons (Fsp3) is 0.312. The smallest absolute Gasteiger partial charge is 0.256 e. The molecule has 1 fully saturated rings. The molecule has 0 bridgehead atoms. The van der Waals surface area contributed by atoms with Gasteiger partial charge in [-0.3, -0.25) is 14.8 Å². The van der Waals surface area contributed by atoms with Crippen molar-refractivity contribution in [2.75, 3.05) is 26.7 Å². The van der Waals surface area contributed by atoms with Crippen molar-refractivity contribution >= 4 is 16.8 Å². The van der Waals surface area contributed by atoms with Gasteiger partial charge in [0.25, 0.3) is 5.91 Å². The molecule has 0 radical (unpaired) electrons. The highest BCUT2D eigenvalue weighted by Gasteiger charge is 2.31. The number of para-hydroxylation sites is 1. The van der Waals surface area contributed by atoms with E-state index in [1.165, 1.54) is 0 Å². The second-order valence-electron chi connectivity index (χ2n) is 5.86. The molecule has 0 aliphatic carbocycles. The van der Waals surface area contributed by atoms with Crippen LogP contribution in [0, 0.1) is 0 Å². The van der Waals surface area contributed by atoms with Crippen LogP contribution in [0.1, 0.15) is 22.2 Å². The standard InChI is InChI=1S/C16H18N6O/c1-21-7-8-22(10-13(21)15-17-5-6-18-15)16(23)12-4-2-3-11-9-19-20-14(11)12/h2-6,9,13H,7-8,10H2,1H3,(H,17,18)(H,19,20)/t13-/m1/s1. The SMILES string of the molecule is CN1CCN(C(=O)c2cccc3cn[nH]c23)C[C@@H]1c1ncc[nH]1. The predicted octanol–water partition coefficient (Wildman–Crippen LogP) is 1.41. The van der Waals surface area contributed by atoms with E-state index < -0.39 is 0 Å². The van der Waals surface area contributed by atoms with E-state index in [2.05, 4.69) is 32.1 Å². The first-order valence-corrected chi connectivity index (χ1v) is 7.65. The number of imidazole rings is 1. The van der Waals surface area contributed by atoms with Crippen LogP contribution in [0.5, 0.6) is 0 Å². The fourth-order valence-electron chi connectivity index (χ4n) is 3.13. The van der Waals surface area contributed by atoms with Gasteiger partial charge in [0.2, 0.25) is 0 Å². The number of aromatic nitrogens is 4. The van der Waals surface area contributed by atoms with Crippen molar-refractivity contribution < 1.29 is 4.79 Å². The Hall–Kier alpha value is -2.67. The Morgan fingerprint density at radius 1 is 1.35 bits per heavy atom. The number of hydrogen-bond donors (Lipinski definition) is 2. The van der Waals surface area contributed by atoms with Gasteiger partial charge in [0.1, 0.15) is 5.82 Å². The summed E-state index contributed by atoms with van der Waals surface area (Å²) in [6.07, 6.45) is 5.30. The lowest BCUT2D eigenvalue weighted by molar-refractivity contribution is 0.0536. The van der Waals surface area contributed by atoms with Gasteiger partial charge in [-0.15, -0.1) is 0 Å². The molecule has 1 aliphatic rings. The van der Waals surface area contributed by atoms with E-state index in [0.29, 0.717) is 18.7 Å². The number of hydrogen-bond acceptors (Lipinski definition) is 4. The maximum Gasteiger partial charge on any atom is 0.256 e. The molecule has 2 aromatic heterocycles. The number of benzene rings is 1. The Kier molecular flexibility index (Phi) is 3.34. The zero-order valence-corrected chi connectivity index (χ0v) is 12.9. The molecular weight excluding hydrogens is 292 g/mol. The Labute approximate surface area is 133 Å². The number of carbonyl (C=O) groups is 1. The number of likely N-dealkylation sites (N-methyl/N-ethyl adjacent to an activating group) is 1. The largest absolute Gasteiger partial charge is 0.347 e. The van der Waals surface area contributed by atoms with Crippen molar-refractivity contribution in [3.8, 4) is 0 Å². The molecular formula is C16H18N6O. The number of nitrogens with one attached hydrogen (secondary N) is 2. The lowest BCUT2D eigenvalue weighted by atomic mass is 10.1. The number of piperazine rings is 1. The lowest BCUT2D eigenvalue weighted by Gasteiger charge is -2.38. The maximum absolute atomic E-state index is 13.0. The number of fused-ring (bicyclic) bond motifs is 1. The van der Waals surface area contributed by atoms with Gasteiger partial charge in [-0.1, -0.05) is 12.1 Å². The Morgan fingerprint density at radius 3 is 3.09 bits per heavy atom. The van der Waals surface area contributed by atoms with Crippen LogP contribution in [0.3, 0.4) is 0 Å². The Bertz CT molecular complexity index is 824. The quantitative estimate of drug-likeness (QED) is 0.750. The molecule has 1 atom stereocenters. The van der Waals surface area contributed by atoms with Gasteiger partial charge < -0.3 is 9.88 Å². The number of H-pyrrole nitrogens is 2. The van der Waals surface area contributed by atoms with Crippen LogP contribution < -0.4 is 0 Å². The normalized spacial score (nSPS) is 19.3. The van der Waals surface area contributed by atoms with Gasteiger partial charge in [0, 0.05) is 37.4 Å². The number of aromatic amines is 2. The first kappa shape index (κ1) is 14.0. The molecule has 118 valence electrons. The van der Waals surface area contributed by atoms with E-state index in [1.807, 2.05) is 29.3 Å². The molecule has 1 saturated heterocycles. The summed E-state index contributed by atoms with van der Waals surface area (Å²) in [4.78, 5) is 24.6. The van der Waals surface area contributed by atoms with Crippen molar-refractivity contribution in [1.29, 1.82) is 0 Å². The topological polar surface area (TPSA) is 80.9 Å². The highest BCUT2D eigenvalue weighted by Crippen LogP contribution is 2.24. The molecule has 1 aliphatic heterocycles. The summed E-state index contributed by atoms with van der Waals surface area (Å²) in [5.41, 5.74) is 1.47. The van der Waals surface area contributed by atoms with Gasteiger partial charge in [-0.25, -0.2) is 4.98 Å². The van der Waals surface area contributed by atoms with Crippen LogP contribution in [-0.2, 0) is 0 Å². The first-order chi connectivity index (χ1) is 11.2. The van der Waals surface area contributed by atoms with Gasteiger partial charge >= 0.3 is 0 Å². The second kappa shape index (κ2) is 5.51. The molecule has 0 spiro atoms. The molecule has 7 nitrogen and oxygen atoms in total. The van der Waals surface area contributed by atoms with E-state index in [0.717, 1.165) is 23.3 Å². The Balaban J connectivity index is 1.62. The molecule has 3 aromatic rings. The highest BCUT2D eigenvalue weighted by atomic mass is 16.2. The van der Waals surface area contributed by atoms with Crippen molar-refractivity contribution in [1.82, 2.24) is 30.0 Å². The molecule has 2 N–H and O–H groups in total. The monoisotopic (exact) mass is 310 g/mol. The summed E-state index contributed by atoms with van der Waals surface area (Å²) in [7, 11) is 2.06. The predicted molar refractivity (Wildman–Crippen MR) is 86.0 cm³/mol. The van der Waals surface area contributed by atoms with E-state index in [4.69, 9.17) is 0 Å². The van der Waals surface area contributed by atoms with Gasteiger partial charge in [0.15, 0.2) is 0 Å². The Morgan fingerprint density at radius 2 is 2.26 bits per heavy atom. The minimum absolute atomic E-state index is 0.0320. The van der Waals surface area contributed by atoms with Crippen molar-refractivity contribution in [2.45, 2.75) is 6.04 Å². The summed E-state index contributed by atoms with van der Waals surface area (Å²) in [6.45, 7) is 2.14. The first-order valence-electron chi connectivity index (χ1n) is 7.65. The lowest BCUT2D eigenvalue weighted by Crippen LogP contribution is -2.49. The molecule has 0 saturated carbocycles. The van der Waals surface area contributed by atoms with Crippen molar-refractivity contribution in [2.24, 2.45) is 0 Å². The van der Waals surface area contributed by atoms with Crippen LogP contribution in [0.2, 0.25) is 0 Å². The molecule has 7 heteroatoms. The molecule has 0 unspecified atom stereocenters. The molecule has 3 heterocycles. The van der Waals surface area contributed by atoms with Crippen LogP contribution in [0.15, 0.2) is 36.8 Å². The third-order valence-corrected chi connectivity index (χ3v) is 4.48. The number of rotatable bonds is 2. The van der Waals surface area contributed by atoms with Gasteiger partial charge in [-0.05, 0) is 13.1 Å². The summed E-state index contributed by atoms with van der Waals surface area (Å²) in [5, 5.41) is 7.92. The van der Waals surface area contributed by atoms with Crippen molar-refractivity contribution in [3.05, 3.63) is 48.2 Å². The summed E-state index contributed by atoms with van der Waals surface area (Å²) < 4.78 is 0. The highest BCUT2D eigenvalue weighted by molar-refractivity contribution is 6.05. The minimum Gasteiger partial charge on any atom is -0.347 e. The summed E-state index contributed by atoms with van der Waals surface area (Å²) in [5.74, 6) is 0.925. The molecule has 4 rings (SSSR count). The third kappa shape index (κ3) is 2.39. The fourth-order valence-corrected chi connectivity index (χ4v) is 3.13. The van der Waals surface area contributed by atoms with Crippen LogP contribution >= 0.6 is 0 Å². The van der Waals surface area contributed by atoms with E-state index >= 15 is 0 Å². The van der Waals surface area contributed by atoms with E-state index in [9.17, 15) is 4.79 Å². The van der Waals surface area contributed by atoms with E-state index in [-0.39, 0.29) is 11.9 Å². The molecule has 23 heavy (non-hydrogen) atoms. The summed E-state index contributed by atoms with van der Waals surface area (Å²) >= 11 is 0. The average molecular weight is 310 g/mol. The zero-order chi connectivity index (χ0) is 15.8. The van der Waals surface area contributed by atoms with Gasteiger partial charge in [-0.2, -0.15) is 5.10 Å². The number of carbonyl (C=O) groups excluding carboxylic acids is 1. The number of amides is 1. The zero-order valence-electron chi connectivity index (χ0n) is 12.9. The maximum atomic E-state index is 13.0. The minimum atomic E-state index is 0.0320. The van der Waals surface area contributed by atoms with Crippen LogP contribution in [-0.4, -0.2) is 62.6 Å². The van der Waals surface area contributed by atoms with Crippen LogP contribution in [0.25, 0.3) is 10.9 Å². The average Bonchev–Trinajstić information content (AvgIpc) is 3.25. The van der Waals surface area contributed by atoms with E-state index in [1.54, 1.807) is 12.4 Å². The molecule has 1 aromatic carbocycles. The number of nitrogens with zero attached hydrogens (tertiary/aromatic N) is 4. The summed E-state index contributed by atoms with van der Waals surface area (Å²) in [6, 6.07) is 5.78. The molecule has 1 amide bonds.